The Balaban J connectivity index is 2.68. The summed E-state index contributed by atoms with van der Waals surface area (Å²) in [6.07, 6.45) is -0.629. The number of benzene rings is 1. The van der Waals surface area contributed by atoms with Gasteiger partial charge in [0, 0.05) is 0 Å². The fourth-order valence-electron chi connectivity index (χ4n) is 0.976. The summed E-state index contributed by atoms with van der Waals surface area (Å²) in [5.41, 5.74) is 1.99. The molecule has 3 heteroatoms. The molecule has 0 aliphatic rings. The van der Waals surface area contributed by atoms with E-state index in [0.29, 0.717) is 0 Å². The van der Waals surface area contributed by atoms with Crippen molar-refractivity contribution in [3.63, 3.8) is 0 Å². The lowest BCUT2D eigenvalue weighted by molar-refractivity contribution is 0.0359. The van der Waals surface area contributed by atoms with E-state index in [-0.39, 0.29) is 6.61 Å². The van der Waals surface area contributed by atoms with Crippen molar-refractivity contribution < 1.29 is 9.94 Å². The highest BCUT2D eigenvalue weighted by atomic mass is 16.6. The molecule has 0 aliphatic heterocycles. The van der Waals surface area contributed by atoms with Crippen LogP contribution in [0.15, 0.2) is 24.3 Å². The molecule has 0 fully saturated rings. The molecule has 0 heterocycles. The maximum absolute atomic E-state index is 9.41. The van der Waals surface area contributed by atoms with Crippen molar-refractivity contribution in [1.82, 2.24) is 0 Å². The Morgan fingerprint density at radius 1 is 1.42 bits per heavy atom. The van der Waals surface area contributed by atoms with E-state index in [1.165, 1.54) is 5.56 Å². The molecular weight excluding hydrogens is 154 g/mol. The first-order valence-electron chi connectivity index (χ1n) is 3.80. The molecule has 1 rings (SSSR count). The van der Waals surface area contributed by atoms with E-state index < -0.39 is 6.10 Å². The topological polar surface area (TPSA) is 55.5 Å². The number of hydrogen-bond donors (Lipinski definition) is 2. The first kappa shape index (κ1) is 9.19. The van der Waals surface area contributed by atoms with Gasteiger partial charge in [-0.1, -0.05) is 29.8 Å². The highest BCUT2D eigenvalue weighted by Gasteiger charge is 2.05. The van der Waals surface area contributed by atoms with Gasteiger partial charge in [-0.25, -0.2) is 5.90 Å². The second kappa shape index (κ2) is 4.21. The lowest BCUT2D eigenvalue weighted by Crippen LogP contribution is -2.10. The molecule has 0 aromatic heterocycles. The number of hydrogen-bond acceptors (Lipinski definition) is 3. The van der Waals surface area contributed by atoms with E-state index in [0.717, 1.165) is 5.56 Å². The number of aryl methyl sites for hydroxylation is 1. The predicted molar refractivity (Wildman–Crippen MR) is 46.3 cm³/mol. The van der Waals surface area contributed by atoms with E-state index in [9.17, 15) is 5.11 Å². The van der Waals surface area contributed by atoms with Crippen molar-refractivity contribution in [3.05, 3.63) is 35.4 Å². The first-order chi connectivity index (χ1) is 5.74. The standard InChI is InChI=1S/C9H13NO2/c1-7-2-4-8(5-3-7)9(11)6-12-10/h2-5,9,11H,6,10H2,1H3. The van der Waals surface area contributed by atoms with Gasteiger partial charge in [0.05, 0.1) is 6.61 Å². The van der Waals surface area contributed by atoms with Crippen LogP contribution in [0.3, 0.4) is 0 Å². The van der Waals surface area contributed by atoms with Crippen LogP contribution in [-0.4, -0.2) is 11.7 Å². The minimum absolute atomic E-state index is 0.128. The van der Waals surface area contributed by atoms with E-state index >= 15 is 0 Å². The van der Waals surface area contributed by atoms with Crippen molar-refractivity contribution in [2.24, 2.45) is 5.90 Å². The Morgan fingerprint density at radius 2 is 2.00 bits per heavy atom. The zero-order chi connectivity index (χ0) is 8.97. The molecule has 3 N–H and O–H groups in total. The van der Waals surface area contributed by atoms with E-state index in [1.54, 1.807) is 0 Å². The molecule has 12 heavy (non-hydrogen) atoms. The number of aliphatic hydroxyl groups is 1. The van der Waals surface area contributed by atoms with Crippen LogP contribution in [0.2, 0.25) is 0 Å². The summed E-state index contributed by atoms with van der Waals surface area (Å²) in [7, 11) is 0. The number of rotatable bonds is 3. The predicted octanol–water partition coefficient (Wildman–Crippen LogP) is 0.919. The summed E-state index contributed by atoms with van der Waals surface area (Å²) in [5, 5.41) is 9.41. The molecule has 1 atom stereocenters. The van der Waals surface area contributed by atoms with Gasteiger partial charge < -0.3 is 9.94 Å². The molecule has 1 aromatic carbocycles. The molecule has 0 spiro atoms. The highest BCUT2D eigenvalue weighted by Crippen LogP contribution is 2.12. The van der Waals surface area contributed by atoms with Gasteiger partial charge in [-0.2, -0.15) is 0 Å². The first-order valence-corrected chi connectivity index (χ1v) is 3.80. The van der Waals surface area contributed by atoms with Gasteiger partial charge in [-0.3, -0.25) is 0 Å². The summed E-state index contributed by atoms with van der Waals surface area (Å²) in [6, 6.07) is 7.60. The average molecular weight is 167 g/mol. The molecule has 0 radical (unpaired) electrons. The van der Waals surface area contributed by atoms with Crippen molar-refractivity contribution >= 4 is 0 Å². The fraction of sp³-hybridized carbons (Fsp3) is 0.333. The van der Waals surface area contributed by atoms with Crippen LogP contribution in [0.25, 0.3) is 0 Å². The quantitative estimate of drug-likeness (QED) is 0.658. The Kier molecular flexibility index (Phi) is 3.22. The van der Waals surface area contributed by atoms with Gasteiger partial charge >= 0.3 is 0 Å². The summed E-state index contributed by atoms with van der Waals surface area (Å²) in [6.45, 7) is 2.12. The molecule has 0 bridgehead atoms. The van der Waals surface area contributed by atoms with Gasteiger partial charge in [0.25, 0.3) is 0 Å². The van der Waals surface area contributed by atoms with Gasteiger partial charge in [0.2, 0.25) is 0 Å². The van der Waals surface area contributed by atoms with E-state index in [2.05, 4.69) is 4.84 Å². The molecule has 0 amide bonds. The van der Waals surface area contributed by atoms with E-state index in [1.807, 2.05) is 31.2 Å². The minimum atomic E-state index is -0.629. The Labute approximate surface area is 71.7 Å². The number of aliphatic hydroxyl groups excluding tert-OH is 1. The van der Waals surface area contributed by atoms with Gasteiger partial charge in [-0.05, 0) is 12.5 Å². The maximum Gasteiger partial charge on any atom is 0.104 e. The fourth-order valence-corrected chi connectivity index (χ4v) is 0.976. The molecular formula is C9H13NO2. The summed E-state index contributed by atoms with van der Waals surface area (Å²) < 4.78 is 0. The van der Waals surface area contributed by atoms with Crippen molar-refractivity contribution in [1.29, 1.82) is 0 Å². The SMILES string of the molecule is Cc1ccc(C(O)CON)cc1. The molecule has 0 saturated carbocycles. The molecule has 0 saturated heterocycles. The lowest BCUT2D eigenvalue weighted by Gasteiger charge is -2.08. The third-order valence-electron chi connectivity index (χ3n) is 1.72. The van der Waals surface area contributed by atoms with Crippen LogP contribution in [0, 0.1) is 6.92 Å². The summed E-state index contributed by atoms with van der Waals surface area (Å²) >= 11 is 0. The monoisotopic (exact) mass is 167 g/mol. The van der Waals surface area contributed by atoms with Crippen molar-refractivity contribution in [2.75, 3.05) is 6.61 Å². The zero-order valence-electron chi connectivity index (χ0n) is 7.03. The Bertz CT molecular complexity index is 233. The second-order valence-corrected chi connectivity index (χ2v) is 2.76. The van der Waals surface area contributed by atoms with Gasteiger partial charge in [0.15, 0.2) is 0 Å². The molecule has 1 unspecified atom stereocenters. The van der Waals surface area contributed by atoms with Crippen molar-refractivity contribution in [3.8, 4) is 0 Å². The Morgan fingerprint density at radius 3 is 2.50 bits per heavy atom. The third kappa shape index (κ3) is 2.30. The van der Waals surface area contributed by atoms with Crippen LogP contribution in [0.5, 0.6) is 0 Å². The average Bonchev–Trinajstić information content (AvgIpc) is 2.06. The van der Waals surface area contributed by atoms with Crippen LogP contribution >= 0.6 is 0 Å². The molecule has 3 nitrogen and oxygen atoms in total. The smallest absolute Gasteiger partial charge is 0.104 e. The van der Waals surface area contributed by atoms with Gasteiger partial charge in [0.1, 0.15) is 6.10 Å². The largest absolute Gasteiger partial charge is 0.386 e. The minimum Gasteiger partial charge on any atom is -0.386 e. The highest BCUT2D eigenvalue weighted by molar-refractivity contribution is 5.22. The van der Waals surface area contributed by atoms with Crippen LogP contribution in [-0.2, 0) is 4.84 Å². The van der Waals surface area contributed by atoms with Gasteiger partial charge in [-0.15, -0.1) is 0 Å². The van der Waals surface area contributed by atoms with Crippen LogP contribution < -0.4 is 5.90 Å². The molecule has 1 aromatic rings. The van der Waals surface area contributed by atoms with E-state index in [4.69, 9.17) is 5.90 Å². The second-order valence-electron chi connectivity index (χ2n) is 2.76. The lowest BCUT2D eigenvalue weighted by atomic mass is 10.1. The molecule has 66 valence electrons. The summed E-state index contributed by atoms with van der Waals surface area (Å²) in [5.74, 6) is 4.84. The maximum atomic E-state index is 9.41. The Hall–Kier alpha value is -0.900. The third-order valence-corrected chi connectivity index (χ3v) is 1.72. The normalized spacial score (nSPS) is 12.9. The van der Waals surface area contributed by atoms with Crippen LogP contribution in [0.1, 0.15) is 17.2 Å². The number of nitrogens with two attached hydrogens (primary N) is 1. The van der Waals surface area contributed by atoms with Crippen molar-refractivity contribution in [2.45, 2.75) is 13.0 Å². The molecule has 0 aliphatic carbocycles. The van der Waals surface area contributed by atoms with Crippen LogP contribution in [0.4, 0.5) is 0 Å². The zero-order valence-corrected chi connectivity index (χ0v) is 7.03. The summed E-state index contributed by atoms with van der Waals surface area (Å²) in [4.78, 5) is 4.34.